The minimum absolute atomic E-state index is 0.171. The number of fused-ring (bicyclic) bond motifs is 4. The molecule has 2 aliphatic heterocycles. The standard InChI is InChI=1S/C20H16BN5/c1-25-10-23-8-13-6-12-7-22-9-15-14-4-3-5-16-17(14)20(26(2)11-24-16)21(18(12)15)19(13)25/h3-5,7-11H,6H2,1-2H3/q+2. The van der Waals surface area contributed by atoms with Gasteiger partial charge in [-0.05, 0) is 33.2 Å². The third-order valence-corrected chi connectivity index (χ3v) is 5.80. The van der Waals surface area contributed by atoms with Crippen LogP contribution in [0.15, 0.2) is 49.4 Å². The van der Waals surface area contributed by atoms with E-state index in [2.05, 4.69) is 56.4 Å². The topological polar surface area (TPSA) is 46.4 Å². The molecule has 6 rings (SSSR count). The minimum atomic E-state index is 0.171. The summed E-state index contributed by atoms with van der Waals surface area (Å²) in [5.41, 5.74) is 10.1. The van der Waals surface area contributed by atoms with E-state index in [1.54, 1.807) is 0 Å². The molecule has 0 N–H and O–H groups in total. The lowest BCUT2D eigenvalue weighted by atomic mass is 9.33. The van der Waals surface area contributed by atoms with Gasteiger partial charge in [-0.3, -0.25) is 4.98 Å². The lowest BCUT2D eigenvalue weighted by Gasteiger charge is -2.30. The number of aryl methyl sites for hydroxylation is 2. The molecule has 26 heavy (non-hydrogen) atoms. The zero-order chi connectivity index (χ0) is 17.4. The number of hydrogen-bond acceptors (Lipinski definition) is 3. The van der Waals surface area contributed by atoms with E-state index in [0.717, 1.165) is 11.9 Å². The Labute approximate surface area is 151 Å². The Balaban J connectivity index is 1.87. The lowest BCUT2D eigenvalue weighted by Crippen LogP contribution is -2.74. The Bertz CT molecular complexity index is 1250. The molecular formula is C20H16BN5+2. The van der Waals surface area contributed by atoms with Crippen LogP contribution in [0.1, 0.15) is 11.1 Å². The Morgan fingerprint density at radius 2 is 1.73 bits per heavy atom. The van der Waals surface area contributed by atoms with Gasteiger partial charge in [0.1, 0.15) is 6.20 Å². The first-order valence-electron chi connectivity index (χ1n) is 8.81. The van der Waals surface area contributed by atoms with Crippen LogP contribution in [-0.4, -0.2) is 21.7 Å². The van der Waals surface area contributed by atoms with Crippen LogP contribution in [0.5, 0.6) is 0 Å². The van der Waals surface area contributed by atoms with Crippen LogP contribution in [0.3, 0.4) is 0 Å². The van der Waals surface area contributed by atoms with E-state index in [0.29, 0.717) is 0 Å². The van der Waals surface area contributed by atoms with E-state index in [-0.39, 0.29) is 6.71 Å². The largest absolute Gasteiger partial charge is 0.344 e. The van der Waals surface area contributed by atoms with Gasteiger partial charge in [0.25, 0.3) is 12.7 Å². The average molecular weight is 337 g/mol. The van der Waals surface area contributed by atoms with Crippen molar-refractivity contribution in [3.63, 3.8) is 0 Å². The van der Waals surface area contributed by atoms with Crippen LogP contribution in [0, 0.1) is 0 Å². The number of rotatable bonds is 0. The molecule has 0 fully saturated rings. The molecule has 0 amide bonds. The molecule has 0 spiro atoms. The first-order valence-corrected chi connectivity index (χ1v) is 8.81. The van der Waals surface area contributed by atoms with Crippen LogP contribution < -0.4 is 25.8 Å². The predicted octanol–water partition coefficient (Wildman–Crippen LogP) is -0.925. The summed E-state index contributed by atoms with van der Waals surface area (Å²) in [5, 5.41) is 1.23. The quantitative estimate of drug-likeness (QED) is 0.266. The van der Waals surface area contributed by atoms with E-state index < -0.39 is 0 Å². The molecule has 4 aromatic rings. The summed E-state index contributed by atoms with van der Waals surface area (Å²) in [6, 6.07) is 6.39. The fourth-order valence-corrected chi connectivity index (χ4v) is 4.80. The highest BCUT2D eigenvalue weighted by Gasteiger charge is 2.45. The van der Waals surface area contributed by atoms with E-state index in [1.807, 2.05) is 31.2 Å². The molecule has 0 atom stereocenters. The Morgan fingerprint density at radius 3 is 2.65 bits per heavy atom. The van der Waals surface area contributed by atoms with Crippen LogP contribution in [0.4, 0.5) is 0 Å². The average Bonchev–Trinajstić information content (AvgIpc) is 2.66. The van der Waals surface area contributed by atoms with Crippen molar-refractivity contribution in [1.82, 2.24) is 15.0 Å². The molecule has 1 aromatic carbocycles. The van der Waals surface area contributed by atoms with Crippen molar-refractivity contribution in [1.29, 1.82) is 0 Å². The van der Waals surface area contributed by atoms with Crippen molar-refractivity contribution in [2.75, 3.05) is 0 Å². The second-order valence-electron chi connectivity index (χ2n) is 7.23. The summed E-state index contributed by atoms with van der Waals surface area (Å²) in [6.07, 6.45) is 10.8. The minimum Gasteiger partial charge on any atom is -0.264 e. The van der Waals surface area contributed by atoms with Gasteiger partial charge in [0, 0.05) is 24.4 Å². The zero-order valence-electron chi connectivity index (χ0n) is 14.6. The second-order valence-corrected chi connectivity index (χ2v) is 7.23. The lowest BCUT2D eigenvalue weighted by molar-refractivity contribution is -0.661. The highest BCUT2D eigenvalue weighted by molar-refractivity contribution is 6.97. The van der Waals surface area contributed by atoms with Crippen molar-refractivity contribution in [2.45, 2.75) is 6.42 Å². The molecule has 3 aromatic heterocycles. The molecule has 122 valence electrons. The molecule has 0 saturated heterocycles. The van der Waals surface area contributed by atoms with Crippen molar-refractivity contribution < 1.29 is 9.13 Å². The monoisotopic (exact) mass is 337 g/mol. The summed E-state index contributed by atoms with van der Waals surface area (Å²) in [6.45, 7) is 0.171. The molecule has 0 saturated carbocycles. The molecule has 2 aliphatic rings. The van der Waals surface area contributed by atoms with Gasteiger partial charge in [0.2, 0.25) is 0 Å². The maximum Gasteiger partial charge on any atom is 0.344 e. The Kier molecular flexibility index (Phi) is 2.56. The van der Waals surface area contributed by atoms with E-state index in [4.69, 9.17) is 0 Å². The zero-order valence-corrected chi connectivity index (χ0v) is 14.6. The summed E-state index contributed by atoms with van der Waals surface area (Å²) >= 11 is 0. The van der Waals surface area contributed by atoms with Crippen LogP contribution in [0.2, 0.25) is 0 Å². The van der Waals surface area contributed by atoms with E-state index in [1.165, 1.54) is 44.3 Å². The number of aromatic nitrogens is 5. The van der Waals surface area contributed by atoms with E-state index in [9.17, 15) is 0 Å². The number of benzene rings is 1. The number of nitrogens with zero attached hydrogens (tertiary/aromatic N) is 5. The van der Waals surface area contributed by atoms with Gasteiger partial charge < -0.3 is 0 Å². The third-order valence-electron chi connectivity index (χ3n) is 5.80. The highest BCUT2D eigenvalue weighted by atomic mass is 15.0. The van der Waals surface area contributed by atoms with Gasteiger partial charge in [0.15, 0.2) is 5.52 Å². The van der Waals surface area contributed by atoms with Gasteiger partial charge in [0.05, 0.1) is 30.7 Å². The maximum absolute atomic E-state index is 4.67. The summed E-state index contributed by atoms with van der Waals surface area (Å²) in [5.74, 6) is 0. The van der Waals surface area contributed by atoms with Gasteiger partial charge in [-0.15, -0.1) is 0 Å². The molecule has 0 aliphatic carbocycles. The SMILES string of the molecule is C[n+]1cncc2c1B1c3c(cncc3-c3cccc4nc[n+](C)c1c34)C2. The molecule has 0 bridgehead atoms. The first kappa shape index (κ1) is 14.1. The number of hydrogen-bond donors (Lipinski definition) is 0. The summed E-state index contributed by atoms with van der Waals surface area (Å²) < 4.78 is 4.35. The fourth-order valence-electron chi connectivity index (χ4n) is 4.80. The normalized spacial score (nSPS) is 13.5. The molecule has 0 radical (unpaired) electrons. The molecule has 5 nitrogen and oxygen atoms in total. The van der Waals surface area contributed by atoms with E-state index >= 15 is 0 Å². The third kappa shape index (κ3) is 1.59. The highest BCUT2D eigenvalue weighted by Crippen LogP contribution is 2.30. The first-order chi connectivity index (χ1) is 12.7. The fraction of sp³-hybridized carbons (Fsp3) is 0.150. The van der Waals surface area contributed by atoms with Crippen molar-refractivity contribution in [2.24, 2.45) is 14.1 Å². The molecule has 6 heteroatoms. The maximum atomic E-state index is 4.67. The van der Waals surface area contributed by atoms with Gasteiger partial charge in [-0.25, -0.2) is 9.13 Å². The summed E-state index contributed by atoms with van der Waals surface area (Å²) in [7, 11) is 4.19. The summed E-state index contributed by atoms with van der Waals surface area (Å²) in [4.78, 5) is 13.6. The Hall–Kier alpha value is -3.15. The second kappa shape index (κ2) is 4.72. The molecular weight excluding hydrogens is 321 g/mol. The van der Waals surface area contributed by atoms with Gasteiger partial charge in [-0.1, -0.05) is 17.1 Å². The van der Waals surface area contributed by atoms with Crippen LogP contribution in [-0.2, 0) is 20.5 Å². The smallest absolute Gasteiger partial charge is 0.264 e. The number of pyridine rings is 1. The molecule has 5 heterocycles. The van der Waals surface area contributed by atoms with Crippen molar-refractivity contribution >= 4 is 34.3 Å². The Morgan fingerprint density at radius 1 is 0.885 bits per heavy atom. The molecule has 0 unspecified atom stereocenters. The predicted molar refractivity (Wildman–Crippen MR) is 99.0 cm³/mol. The van der Waals surface area contributed by atoms with Crippen LogP contribution in [0.25, 0.3) is 22.0 Å². The van der Waals surface area contributed by atoms with Crippen molar-refractivity contribution in [3.8, 4) is 11.1 Å². The van der Waals surface area contributed by atoms with Crippen molar-refractivity contribution in [3.05, 3.63) is 60.6 Å². The van der Waals surface area contributed by atoms with Gasteiger partial charge >= 0.3 is 6.71 Å². The van der Waals surface area contributed by atoms with Crippen LogP contribution >= 0.6 is 0 Å². The van der Waals surface area contributed by atoms with Gasteiger partial charge in [-0.2, -0.15) is 0 Å².